The fraction of sp³-hybridized carbons (Fsp3) is 1.00. The Bertz CT molecular complexity index is 638. The van der Waals surface area contributed by atoms with Crippen LogP contribution in [0, 0.1) is 70.0 Å². The highest BCUT2D eigenvalue weighted by Gasteiger charge is 2.88. The van der Waals surface area contributed by atoms with Crippen molar-refractivity contribution in [3.63, 3.8) is 0 Å². The summed E-state index contributed by atoms with van der Waals surface area (Å²) in [7, 11) is 0. The summed E-state index contributed by atoms with van der Waals surface area (Å²) in [5.41, 5.74) is 1.57. The van der Waals surface area contributed by atoms with Gasteiger partial charge in [-0.3, -0.25) is 0 Å². The van der Waals surface area contributed by atoms with E-state index in [4.69, 9.17) is 25.3 Å². The molecule has 13 rings (SSSR count). The standard InChI is InChI=1S/C22H28S2/c23-19-1-11-9-5-22-8-20(24)3-13-10-6-21(7-19,15(11)16(13)22)17(12(9)2-19)18(22)14(10)4-20/h9-18,23-24H,1-8H2/t9?,10?,11-,12?,13?,14+,15?,16?,17?,18?,19?,20?,21?,22?. The average Bonchev–Trinajstić information content (AvgIpc) is 2.50. The van der Waals surface area contributed by atoms with Crippen LogP contribution in [0.5, 0.6) is 0 Å². The van der Waals surface area contributed by atoms with Gasteiger partial charge in [0.15, 0.2) is 0 Å². The average molecular weight is 357 g/mol. The van der Waals surface area contributed by atoms with Gasteiger partial charge in [-0.2, -0.15) is 25.3 Å². The number of hydrogen-bond acceptors (Lipinski definition) is 2. The Labute approximate surface area is 156 Å². The van der Waals surface area contributed by atoms with Crippen LogP contribution in [0.1, 0.15) is 51.4 Å². The van der Waals surface area contributed by atoms with Gasteiger partial charge in [-0.1, -0.05) is 0 Å². The monoisotopic (exact) mass is 356 g/mol. The van der Waals surface area contributed by atoms with Crippen LogP contribution in [0.3, 0.4) is 0 Å². The molecule has 0 radical (unpaired) electrons. The van der Waals surface area contributed by atoms with Crippen molar-refractivity contribution >= 4 is 25.3 Å². The van der Waals surface area contributed by atoms with Crippen LogP contribution in [0.25, 0.3) is 0 Å². The molecule has 13 aliphatic carbocycles. The molecule has 12 unspecified atom stereocenters. The summed E-state index contributed by atoms with van der Waals surface area (Å²) < 4.78 is 0.911. The van der Waals surface area contributed by atoms with Crippen LogP contribution in [-0.2, 0) is 0 Å². The Hall–Kier alpha value is 0.700. The first-order chi connectivity index (χ1) is 11.5. The van der Waals surface area contributed by atoms with Gasteiger partial charge in [0.25, 0.3) is 0 Å². The van der Waals surface area contributed by atoms with Crippen molar-refractivity contribution in [1.82, 2.24) is 0 Å². The molecule has 128 valence electrons. The maximum absolute atomic E-state index is 5.37. The zero-order chi connectivity index (χ0) is 15.4. The van der Waals surface area contributed by atoms with E-state index in [0.29, 0.717) is 9.49 Å². The molecular weight excluding hydrogens is 328 g/mol. The predicted molar refractivity (Wildman–Crippen MR) is 100 cm³/mol. The molecule has 14 atom stereocenters. The molecule has 24 heavy (non-hydrogen) atoms. The van der Waals surface area contributed by atoms with E-state index in [9.17, 15) is 0 Å². The number of rotatable bonds is 0. The Morgan fingerprint density at radius 3 is 1.12 bits per heavy atom. The molecule has 2 heteroatoms. The molecule has 0 aliphatic heterocycles. The molecule has 14 bridgehead atoms. The molecule has 13 saturated carbocycles. The van der Waals surface area contributed by atoms with Gasteiger partial charge in [0.05, 0.1) is 0 Å². The SMILES string of the molecule is SC12CC3C4CC56CC7(S)CC8C9CC(C1)(C3C5[C@H]9C7)C(C86)[C@@H]4C2. The van der Waals surface area contributed by atoms with E-state index >= 15 is 0 Å². The quantitative estimate of drug-likeness (QED) is 0.578. The topological polar surface area (TPSA) is 0 Å². The van der Waals surface area contributed by atoms with Crippen molar-refractivity contribution in [2.24, 2.45) is 70.0 Å². The Morgan fingerprint density at radius 2 is 0.792 bits per heavy atom. The molecule has 13 aliphatic rings. The number of hydrogen-bond donors (Lipinski definition) is 2. The first-order valence-corrected chi connectivity index (χ1v) is 11.8. The van der Waals surface area contributed by atoms with Crippen molar-refractivity contribution in [3.8, 4) is 0 Å². The smallest absolute Gasteiger partial charge is 0.0141 e. The lowest BCUT2D eigenvalue weighted by atomic mass is 9.13. The molecule has 0 N–H and O–H groups in total. The minimum atomic E-state index is 0.455. The normalized spacial score (nSPS) is 85.2. The van der Waals surface area contributed by atoms with Crippen LogP contribution in [0.2, 0.25) is 0 Å². The first-order valence-electron chi connectivity index (χ1n) is 10.9. The predicted octanol–water partition coefficient (Wildman–Crippen LogP) is 4.70. The summed E-state index contributed by atoms with van der Waals surface area (Å²) in [5.74, 6) is 11.2. The molecule has 2 spiro atoms. The zero-order valence-corrected chi connectivity index (χ0v) is 16.1. The zero-order valence-electron chi connectivity index (χ0n) is 14.3. The summed E-state index contributed by atoms with van der Waals surface area (Å²) in [6.07, 6.45) is 12.4. The molecule has 0 aromatic rings. The summed E-state index contributed by atoms with van der Waals surface area (Å²) in [6.45, 7) is 0. The third kappa shape index (κ3) is 0.939. The van der Waals surface area contributed by atoms with Crippen molar-refractivity contribution < 1.29 is 0 Å². The van der Waals surface area contributed by atoms with E-state index in [1.54, 1.807) is 12.8 Å². The van der Waals surface area contributed by atoms with Crippen LogP contribution < -0.4 is 0 Å². The van der Waals surface area contributed by atoms with Crippen molar-refractivity contribution in [1.29, 1.82) is 0 Å². The third-order valence-corrected chi connectivity index (χ3v) is 13.5. The summed E-state index contributed by atoms with van der Waals surface area (Å²) in [4.78, 5) is 0. The molecule has 0 aromatic carbocycles. The number of thiol groups is 2. The minimum Gasteiger partial charge on any atom is -0.172 e. The summed E-state index contributed by atoms with van der Waals surface area (Å²) >= 11 is 10.7. The second kappa shape index (κ2) is 3.11. The third-order valence-electron chi connectivity index (χ3n) is 12.5. The second-order valence-electron chi connectivity index (χ2n) is 12.6. The van der Waals surface area contributed by atoms with Crippen LogP contribution in [0.15, 0.2) is 0 Å². The lowest BCUT2D eigenvalue weighted by molar-refractivity contribution is -0.425. The molecule has 0 saturated heterocycles. The van der Waals surface area contributed by atoms with Gasteiger partial charge in [-0.25, -0.2) is 0 Å². The van der Waals surface area contributed by atoms with E-state index < -0.39 is 0 Å². The second-order valence-corrected chi connectivity index (χ2v) is 14.5. The fourth-order valence-electron chi connectivity index (χ4n) is 13.5. The maximum Gasteiger partial charge on any atom is 0.0141 e. The fourth-order valence-corrected chi connectivity index (χ4v) is 15.0. The largest absolute Gasteiger partial charge is 0.172 e. The Morgan fingerprint density at radius 1 is 0.458 bits per heavy atom. The lowest BCUT2D eigenvalue weighted by Crippen LogP contribution is -2.87. The minimum absolute atomic E-state index is 0.455. The van der Waals surface area contributed by atoms with Crippen LogP contribution in [0.4, 0.5) is 0 Å². The van der Waals surface area contributed by atoms with Gasteiger partial charge in [0, 0.05) is 9.49 Å². The summed E-state index contributed by atoms with van der Waals surface area (Å²) in [5, 5.41) is 0. The van der Waals surface area contributed by atoms with Gasteiger partial charge in [0.1, 0.15) is 0 Å². The van der Waals surface area contributed by atoms with Gasteiger partial charge in [-0.05, 0) is 121 Å². The van der Waals surface area contributed by atoms with Crippen molar-refractivity contribution in [2.45, 2.75) is 60.9 Å². The molecule has 13 fully saturated rings. The molecule has 0 nitrogen and oxygen atoms in total. The van der Waals surface area contributed by atoms with Crippen LogP contribution in [-0.4, -0.2) is 9.49 Å². The molecule has 0 amide bonds. The van der Waals surface area contributed by atoms with Crippen molar-refractivity contribution in [2.75, 3.05) is 0 Å². The molecular formula is C22H28S2. The van der Waals surface area contributed by atoms with Gasteiger partial charge < -0.3 is 0 Å². The van der Waals surface area contributed by atoms with E-state index in [1.807, 2.05) is 0 Å². The van der Waals surface area contributed by atoms with Crippen LogP contribution >= 0.6 is 25.3 Å². The lowest BCUT2D eigenvalue weighted by Gasteiger charge is -2.92. The van der Waals surface area contributed by atoms with Gasteiger partial charge >= 0.3 is 0 Å². The summed E-state index contributed by atoms with van der Waals surface area (Å²) in [6, 6.07) is 0. The van der Waals surface area contributed by atoms with E-state index in [1.165, 1.54) is 38.5 Å². The van der Waals surface area contributed by atoms with Gasteiger partial charge in [-0.15, -0.1) is 0 Å². The van der Waals surface area contributed by atoms with E-state index in [-0.39, 0.29) is 0 Å². The molecule has 0 heterocycles. The molecule has 0 aromatic heterocycles. The highest BCUT2D eigenvalue weighted by Crippen LogP contribution is 2.93. The Balaban J connectivity index is 1.40. The van der Waals surface area contributed by atoms with Crippen molar-refractivity contribution in [3.05, 3.63) is 0 Å². The maximum atomic E-state index is 5.37. The van der Waals surface area contributed by atoms with Gasteiger partial charge in [0.2, 0.25) is 0 Å². The van der Waals surface area contributed by atoms with E-state index in [0.717, 1.165) is 70.0 Å². The highest BCUT2D eigenvalue weighted by atomic mass is 32.1. The Kier molecular flexibility index (Phi) is 1.68. The first kappa shape index (κ1) is 13.0. The highest BCUT2D eigenvalue weighted by molar-refractivity contribution is 7.82. The van der Waals surface area contributed by atoms with E-state index in [2.05, 4.69) is 0 Å².